The molecule has 0 spiro atoms. The number of rotatable bonds is 6. The lowest BCUT2D eigenvalue weighted by Gasteiger charge is -2.47. The van der Waals surface area contributed by atoms with Gasteiger partial charge in [-0.05, 0) is 47.6 Å². The Balaban J connectivity index is 2.05. The van der Waals surface area contributed by atoms with Crippen molar-refractivity contribution in [1.82, 2.24) is 10.2 Å². The molecule has 3 heteroatoms. The Morgan fingerprint density at radius 2 is 2.10 bits per heavy atom. The highest BCUT2D eigenvalue weighted by molar-refractivity contribution is 7.07. The zero-order valence-corrected chi connectivity index (χ0v) is 15.1. The second-order valence-corrected chi connectivity index (χ2v) is 7.87. The summed E-state index contributed by atoms with van der Waals surface area (Å²) in [5.74, 6) is 1.47. The summed E-state index contributed by atoms with van der Waals surface area (Å²) in [6, 6.07) is 4.22. The Labute approximate surface area is 134 Å². The van der Waals surface area contributed by atoms with Gasteiger partial charge in [0.05, 0.1) is 0 Å². The summed E-state index contributed by atoms with van der Waals surface area (Å²) in [5.41, 5.74) is 1.49. The maximum Gasteiger partial charge on any atom is 0.0247 e. The van der Waals surface area contributed by atoms with Gasteiger partial charge in [0, 0.05) is 31.2 Å². The Kier molecular flexibility index (Phi) is 6.27. The van der Waals surface area contributed by atoms with Crippen LogP contribution in [0.5, 0.6) is 0 Å². The average molecular weight is 309 g/mol. The van der Waals surface area contributed by atoms with Crippen molar-refractivity contribution < 1.29 is 0 Å². The minimum Gasteiger partial charge on any atom is -0.311 e. The van der Waals surface area contributed by atoms with E-state index in [-0.39, 0.29) is 0 Å². The highest BCUT2D eigenvalue weighted by atomic mass is 32.1. The van der Waals surface area contributed by atoms with Gasteiger partial charge in [-0.25, -0.2) is 0 Å². The average Bonchev–Trinajstić information content (AvgIpc) is 2.98. The molecule has 1 aliphatic rings. The maximum atomic E-state index is 3.81. The lowest BCUT2D eigenvalue weighted by molar-refractivity contribution is 0.0494. The molecule has 0 radical (unpaired) electrons. The number of thiophene rings is 1. The molecule has 2 heterocycles. The molecule has 1 aliphatic heterocycles. The topological polar surface area (TPSA) is 15.3 Å². The molecular formula is C18H32N2S. The van der Waals surface area contributed by atoms with Crippen molar-refractivity contribution in [2.75, 3.05) is 13.1 Å². The van der Waals surface area contributed by atoms with Gasteiger partial charge in [0.2, 0.25) is 0 Å². The fourth-order valence-electron chi connectivity index (χ4n) is 3.47. The van der Waals surface area contributed by atoms with E-state index in [4.69, 9.17) is 0 Å². The van der Waals surface area contributed by atoms with Crippen molar-refractivity contribution in [3.8, 4) is 0 Å². The molecule has 0 saturated carbocycles. The maximum absolute atomic E-state index is 3.81. The van der Waals surface area contributed by atoms with E-state index >= 15 is 0 Å². The predicted molar refractivity (Wildman–Crippen MR) is 94.1 cm³/mol. The van der Waals surface area contributed by atoms with Crippen LogP contribution in [0.15, 0.2) is 16.8 Å². The van der Waals surface area contributed by atoms with E-state index in [0.717, 1.165) is 12.5 Å². The van der Waals surface area contributed by atoms with Gasteiger partial charge in [-0.15, -0.1) is 0 Å². The predicted octanol–water partition coefficient (Wildman–Crippen LogP) is 4.02. The molecule has 0 bridgehead atoms. The second-order valence-electron chi connectivity index (χ2n) is 7.09. The first-order valence-corrected chi connectivity index (χ1v) is 9.47. The van der Waals surface area contributed by atoms with Crippen molar-refractivity contribution in [3.05, 3.63) is 22.4 Å². The van der Waals surface area contributed by atoms with Gasteiger partial charge in [0.1, 0.15) is 0 Å². The molecule has 21 heavy (non-hydrogen) atoms. The van der Waals surface area contributed by atoms with E-state index in [1.165, 1.54) is 24.9 Å². The monoisotopic (exact) mass is 308 g/mol. The molecule has 0 aromatic carbocycles. The fourth-order valence-corrected chi connectivity index (χ4v) is 4.16. The van der Waals surface area contributed by atoms with Gasteiger partial charge in [0.25, 0.3) is 0 Å². The minimum absolute atomic E-state index is 0.626. The fraction of sp³-hybridized carbons (Fsp3) is 0.778. The van der Waals surface area contributed by atoms with Gasteiger partial charge in [-0.3, -0.25) is 4.90 Å². The van der Waals surface area contributed by atoms with E-state index in [2.05, 4.69) is 61.7 Å². The van der Waals surface area contributed by atoms with Gasteiger partial charge < -0.3 is 5.32 Å². The summed E-state index contributed by atoms with van der Waals surface area (Å²) < 4.78 is 0. The number of nitrogens with zero attached hydrogens (tertiary/aromatic N) is 1. The number of hydrogen-bond donors (Lipinski definition) is 1. The van der Waals surface area contributed by atoms with Crippen molar-refractivity contribution in [2.45, 2.75) is 65.6 Å². The molecule has 1 N–H and O–H groups in total. The highest BCUT2D eigenvalue weighted by Gasteiger charge is 2.34. The molecule has 4 atom stereocenters. The number of nitrogens with one attached hydrogen (secondary N) is 1. The molecule has 1 aromatic rings. The summed E-state index contributed by atoms with van der Waals surface area (Å²) in [6.07, 6.45) is 2.44. The second kappa shape index (κ2) is 7.75. The van der Waals surface area contributed by atoms with E-state index in [1.807, 2.05) is 11.3 Å². The van der Waals surface area contributed by atoms with Crippen molar-refractivity contribution in [1.29, 1.82) is 0 Å². The first kappa shape index (κ1) is 17.0. The first-order chi connectivity index (χ1) is 10.0. The van der Waals surface area contributed by atoms with Crippen LogP contribution in [0, 0.1) is 11.8 Å². The van der Waals surface area contributed by atoms with Crippen LogP contribution in [0.3, 0.4) is 0 Å². The quantitative estimate of drug-likeness (QED) is 0.854. The molecular weight excluding hydrogens is 276 g/mol. The lowest BCUT2D eigenvalue weighted by Crippen LogP contribution is -2.62. The van der Waals surface area contributed by atoms with Gasteiger partial charge >= 0.3 is 0 Å². The summed E-state index contributed by atoms with van der Waals surface area (Å²) >= 11 is 1.81. The van der Waals surface area contributed by atoms with Crippen LogP contribution in [-0.4, -0.2) is 36.1 Å². The van der Waals surface area contributed by atoms with Crippen molar-refractivity contribution in [3.63, 3.8) is 0 Å². The zero-order valence-electron chi connectivity index (χ0n) is 14.3. The molecule has 1 fully saturated rings. The van der Waals surface area contributed by atoms with Crippen molar-refractivity contribution >= 4 is 11.3 Å². The Bertz CT molecular complexity index is 401. The molecule has 0 amide bonds. The Hall–Kier alpha value is -0.380. The third kappa shape index (κ3) is 4.30. The lowest BCUT2D eigenvalue weighted by atomic mass is 9.90. The van der Waals surface area contributed by atoms with Gasteiger partial charge in [0.15, 0.2) is 0 Å². The summed E-state index contributed by atoms with van der Waals surface area (Å²) in [4.78, 5) is 2.77. The molecule has 1 saturated heterocycles. The molecule has 0 aliphatic carbocycles. The highest BCUT2D eigenvalue weighted by Crippen LogP contribution is 2.24. The smallest absolute Gasteiger partial charge is 0.0247 e. The SMILES string of the molecule is CCC(C)C1CN(C(C)Cc2ccsc2)C(C(C)C)CN1. The van der Waals surface area contributed by atoms with Crippen LogP contribution in [0.4, 0.5) is 0 Å². The van der Waals surface area contributed by atoms with E-state index in [0.29, 0.717) is 24.0 Å². The third-order valence-corrected chi connectivity index (χ3v) is 5.93. The largest absolute Gasteiger partial charge is 0.311 e. The minimum atomic E-state index is 0.626. The third-order valence-electron chi connectivity index (χ3n) is 5.20. The molecule has 2 rings (SSSR count). The molecule has 120 valence electrons. The standard InChI is InChI=1S/C18H32N2S/c1-6-14(4)17-11-20(18(10-19-17)13(2)3)15(5)9-16-7-8-21-12-16/h7-8,12-15,17-19H,6,9-11H2,1-5H3. The van der Waals surface area contributed by atoms with Crippen LogP contribution >= 0.6 is 11.3 Å². The molecule has 4 unspecified atom stereocenters. The first-order valence-electron chi connectivity index (χ1n) is 8.53. The zero-order chi connectivity index (χ0) is 15.4. The summed E-state index contributed by atoms with van der Waals surface area (Å²) in [5, 5.41) is 8.30. The number of hydrogen-bond acceptors (Lipinski definition) is 3. The Morgan fingerprint density at radius 3 is 2.67 bits per heavy atom. The van der Waals surface area contributed by atoms with E-state index in [1.54, 1.807) is 0 Å². The number of piperazine rings is 1. The van der Waals surface area contributed by atoms with Crippen LogP contribution in [-0.2, 0) is 6.42 Å². The van der Waals surface area contributed by atoms with E-state index in [9.17, 15) is 0 Å². The molecule has 2 nitrogen and oxygen atoms in total. The normalized spacial score (nSPS) is 27.0. The van der Waals surface area contributed by atoms with Crippen molar-refractivity contribution in [2.24, 2.45) is 11.8 Å². The van der Waals surface area contributed by atoms with E-state index < -0.39 is 0 Å². The van der Waals surface area contributed by atoms with Gasteiger partial charge in [-0.2, -0.15) is 11.3 Å². The van der Waals surface area contributed by atoms with Crippen LogP contribution < -0.4 is 5.32 Å². The summed E-state index contributed by atoms with van der Waals surface area (Å²) in [6.45, 7) is 14.2. The van der Waals surface area contributed by atoms with Crippen LogP contribution in [0.2, 0.25) is 0 Å². The van der Waals surface area contributed by atoms with Crippen LogP contribution in [0.25, 0.3) is 0 Å². The molecule has 1 aromatic heterocycles. The summed E-state index contributed by atoms with van der Waals surface area (Å²) in [7, 11) is 0. The van der Waals surface area contributed by atoms with Gasteiger partial charge in [-0.1, -0.05) is 34.1 Å². The van der Waals surface area contributed by atoms with Crippen LogP contribution in [0.1, 0.15) is 46.6 Å². The Morgan fingerprint density at radius 1 is 1.33 bits per heavy atom.